The molecule has 0 aliphatic carbocycles. The van der Waals surface area contributed by atoms with E-state index in [-0.39, 0.29) is 5.91 Å². The summed E-state index contributed by atoms with van der Waals surface area (Å²) in [7, 11) is 4.00. The van der Waals surface area contributed by atoms with Gasteiger partial charge in [-0.2, -0.15) is 0 Å². The highest BCUT2D eigenvalue weighted by molar-refractivity contribution is 6.09. The highest BCUT2D eigenvalue weighted by Gasteiger charge is 2.19. The number of nitrogens with two attached hydrogens (primary N) is 1. The maximum absolute atomic E-state index is 13.3. The summed E-state index contributed by atoms with van der Waals surface area (Å²) in [4.78, 5) is 17.1. The van der Waals surface area contributed by atoms with Crippen molar-refractivity contribution in [1.29, 1.82) is 0 Å². The lowest BCUT2D eigenvalue weighted by atomic mass is 10.1. The average Bonchev–Trinajstić information content (AvgIpc) is 2.68. The lowest BCUT2D eigenvalue weighted by Gasteiger charge is -2.23. The first-order valence-corrected chi connectivity index (χ1v) is 10.0. The van der Waals surface area contributed by atoms with Crippen LogP contribution in [-0.4, -0.2) is 26.5 Å². The third-order valence-corrected chi connectivity index (χ3v) is 4.83. The number of rotatable bonds is 8. The van der Waals surface area contributed by atoms with Gasteiger partial charge in [-0.1, -0.05) is 35.4 Å². The molecule has 1 amide bonds. The Labute approximate surface area is 175 Å². The largest absolute Gasteiger partial charge is 0.398 e. The van der Waals surface area contributed by atoms with Gasteiger partial charge in [-0.3, -0.25) is 4.79 Å². The van der Waals surface area contributed by atoms with Gasteiger partial charge in [-0.25, -0.2) is 0 Å². The van der Waals surface area contributed by atoms with Gasteiger partial charge in [0.05, 0.1) is 5.56 Å². The molecule has 0 aliphatic heterocycles. The molecule has 0 fully saturated rings. The molecule has 4 nitrogen and oxygen atoms in total. The molecule has 0 radical (unpaired) electrons. The molecule has 0 spiro atoms. The van der Waals surface area contributed by atoms with E-state index in [4.69, 9.17) is 5.73 Å². The van der Waals surface area contributed by atoms with Crippen LogP contribution < -0.4 is 15.5 Å². The molecule has 2 N–H and O–H groups in total. The van der Waals surface area contributed by atoms with E-state index in [9.17, 15) is 4.79 Å². The third-order valence-electron chi connectivity index (χ3n) is 4.83. The van der Waals surface area contributed by atoms with Crippen LogP contribution in [0, 0.1) is 0 Å². The number of carbonyl (C=O) groups excluding carboxylic acids is 1. The topological polar surface area (TPSA) is 49.6 Å². The Morgan fingerprint density at radius 2 is 1.55 bits per heavy atom. The van der Waals surface area contributed by atoms with E-state index < -0.39 is 0 Å². The number of benzene rings is 2. The monoisotopic (exact) mass is 391 g/mol. The molecule has 0 aliphatic rings. The Morgan fingerprint density at radius 1 is 0.931 bits per heavy atom. The minimum Gasteiger partial charge on any atom is -0.398 e. The number of nitrogen functional groups attached to an aromatic ring is 1. The summed E-state index contributed by atoms with van der Waals surface area (Å²) in [5, 5.41) is 0. The second kappa shape index (κ2) is 10.5. The number of hydrogen-bond acceptors (Lipinski definition) is 3. The van der Waals surface area contributed by atoms with E-state index >= 15 is 0 Å². The summed E-state index contributed by atoms with van der Waals surface area (Å²) in [5.41, 5.74) is 11.6. The lowest BCUT2D eigenvalue weighted by Crippen LogP contribution is -2.32. The van der Waals surface area contributed by atoms with Crippen molar-refractivity contribution in [2.24, 2.45) is 0 Å². The molecule has 4 heteroatoms. The minimum atomic E-state index is -0.0888. The fourth-order valence-electron chi connectivity index (χ4n) is 3.01. The molecular weight excluding hydrogens is 358 g/mol. The van der Waals surface area contributed by atoms with Gasteiger partial charge in [0.2, 0.25) is 0 Å². The van der Waals surface area contributed by atoms with E-state index in [1.165, 1.54) is 11.1 Å². The van der Waals surface area contributed by atoms with Crippen molar-refractivity contribution in [3.8, 4) is 0 Å². The van der Waals surface area contributed by atoms with E-state index in [2.05, 4.69) is 32.9 Å². The Kier molecular flexibility index (Phi) is 8.08. The predicted molar refractivity (Wildman–Crippen MR) is 126 cm³/mol. The zero-order chi connectivity index (χ0) is 21.4. The van der Waals surface area contributed by atoms with Gasteiger partial charge in [0.15, 0.2) is 0 Å². The second-order valence-corrected chi connectivity index (χ2v) is 7.78. The molecule has 0 saturated heterocycles. The van der Waals surface area contributed by atoms with Crippen molar-refractivity contribution >= 4 is 23.0 Å². The molecule has 2 rings (SSSR count). The number of allylic oxidation sites excluding steroid dienone is 3. The number of amides is 1. The van der Waals surface area contributed by atoms with Crippen molar-refractivity contribution in [3.63, 3.8) is 0 Å². The van der Waals surface area contributed by atoms with Gasteiger partial charge in [-0.05, 0) is 70.0 Å². The van der Waals surface area contributed by atoms with Gasteiger partial charge < -0.3 is 15.5 Å². The van der Waals surface area contributed by atoms with Gasteiger partial charge in [0.1, 0.15) is 0 Å². The lowest BCUT2D eigenvalue weighted by molar-refractivity contribution is 0.0990. The van der Waals surface area contributed by atoms with Crippen LogP contribution in [0.5, 0.6) is 0 Å². The van der Waals surface area contributed by atoms with Crippen LogP contribution in [0.15, 0.2) is 71.8 Å². The van der Waals surface area contributed by atoms with Crippen molar-refractivity contribution in [1.82, 2.24) is 0 Å². The minimum absolute atomic E-state index is 0.0888. The summed E-state index contributed by atoms with van der Waals surface area (Å²) in [6.07, 6.45) is 6.38. The SMILES string of the molecule is CC(C)=CCCC(C)=CCN(C(=O)c1ccccc1N)c1ccc(N(C)C)cc1. The first-order valence-electron chi connectivity index (χ1n) is 10.0. The summed E-state index contributed by atoms with van der Waals surface area (Å²) in [5.74, 6) is -0.0888. The molecule has 0 unspecified atom stereocenters. The Hall–Kier alpha value is -3.01. The standard InChI is InChI=1S/C25H33N3O/c1-19(2)9-8-10-20(3)17-18-28(22-15-13-21(14-16-22)27(4)5)25(29)23-11-6-7-12-24(23)26/h6-7,9,11-17H,8,10,18,26H2,1-5H3. The number of para-hydroxylation sites is 1. The smallest absolute Gasteiger partial charge is 0.260 e. The molecule has 0 atom stereocenters. The van der Waals surface area contributed by atoms with Crippen molar-refractivity contribution in [2.75, 3.05) is 36.2 Å². The van der Waals surface area contributed by atoms with Gasteiger partial charge >= 0.3 is 0 Å². The quantitative estimate of drug-likeness (QED) is 0.465. The van der Waals surface area contributed by atoms with Crippen LogP contribution in [0.4, 0.5) is 17.1 Å². The van der Waals surface area contributed by atoms with Gasteiger partial charge in [-0.15, -0.1) is 0 Å². The maximum Gasteiger partial charge on any atom is 0.260 e. The molecule has 0 heterocycles. The fourth-order valence-corrected chi connectivity index (χ4v) is 3.01. The number of hydrogen-bond donors (Lipinski definition) is 1. The van der Waals surface area contributed by atoms with Crippen LogP contribution in [0.3, 0.4) is 0 Å². The summed E-state index contributed by atoms with van der Waals surface area (Å²) >= 11 is 0. The highest BCUT2D eigenvalue weighted by atomic mass is 16.2. The average molecular weight is 392 g/mol. The first-order chi connectivity index (χ1) is 13.8. The summed E-state index contributed by atoms with van der Waals surface area (Å²) in [6.45, 7) is 6.85. The Morgan fingerprint density at radius 3 is 2.14 bits per heavy atom. The summed E-state index contributed by atoms with van der Waals surface area (Å²) < 4.78 is 0. The van der Waals surface area contributed by atoms with Crippen LogP contribution in [0.1, 0.15) is 44.0 Å². The van der Waals surface area contributed by atoms with Crippen molar-refractivity contribution in [2.45, 2.75) is 33.6 Å². The third kappa shape index (κ3) is 6.53. The molecule has 2 aromatic carbocycles. The van der Waals surface area contributed by atoms with Crippen molar-refractivity contribution < 1.29 is 4.79 Å². The molecule has 2 aromatic rings. The van der Waals surface area contributed by atoms with Gasteiger partial charge in [0, 0.05) is 37.7 Å². The maximum atomic E-state index is 13.3. The van der Waals surface area contributed by atoms with Crippen molar-refractivity contribution in [3.05, 3.63) is 77.4 Å². The van der Waals surface area contributed by atoms with Crippen LogP contribution >= 0.6 is 0 Å². The van der Waals surface area contributed by atoms with Crippen LogP contribution in [-0.2, 0) is 0 Å². The van der Waals surface area contributed by atoms with Crippen LogP contribution in [0.2, 0.25) is 0 Å². The highest BCUT2D eigenvalue weighted by Crippen LogP contribution is 2.23. The molecule has 29 heavy (non-hydrogen) atoms. The van der Waals surface area contributed by atoms with E-state index in [1.54, 1.807) is 17.0 Å². The Balaban J connectivity index is 2.29. The molecule has 154 valence electrons. The molecular formula is C25H33N3O. The number of anilines is 3. The molecule has 0 bridgehead atoms. The summed E-state index contributed by atoms with van der Waals surface area (Å²) in [6, 6.07) is 15.3. The van der Waals surface area contributed by atoms with E-state index in [1.807, 2.05) is 55.4 Å². The van der Waals surface area contributed by atoms with E-state index in [0.29, 0.717) is 17.8 Å². The first kappa shape index (κ1) is 22.3. The Bertz CT molecular complexity index is 875. The number of carbonyl (C=O) groups is 1. The van der Waals surface area contributed by atoms with Gasteiger partial charge in [0.25, 0.3) is 5.91 Å². The molecule has 0 saturated carbocycles. The van der Waals surface area contributed by atoms with E-state index in [0.717, 1.165) is 24.2 Å². The van der Waals surface area contributed by atoms with Crippen LogP contribution in [0.25, 0.3) is 0 Å². The number of nitrogens with zero attached hydrogens (tertiary/aromatic N) is 2. The zero-order valence-electron chi connectivity index (χ0n) is 18.3. The zero-order valence-corrected chi connectivity index (χ0v) is 18.3. The fraction of sp³-hybridized carbons (Fsp3) is 0.320. The second-order valence-electron chi connectivity index (χ2n) is 7.78. The normalized spacial score (nSPS) is 11.1. The molecule has 0 aromatic heterocycles. The predicted octanol–water partition coefficient (Wildman–Crippen LogP) is 5.67.